The Labute approximate surface area is 66.8 Å². The Balaban J connectivity index is 2.78. The molecule has 1 heterocycles. The van der Waals surface area contributed by atoms with Gasteiger partial charge in [0.2, 0.25) is 0 Å². The first-order chi connectivity index (χ1) is 5.25. The minimum atomic E-state index is 0.845. The van der Waals surface area contributed by atoms with E-state index in [2.05, 4.69) is 10.3 Å². The van der Waals surface area contributed by atoms with Crippen LogP contribution in [-0.2, 0) is 6.54 Å². The van der Waals surface area contributed by atoms with E-state index in [0.29, 0.717) is 0 Å². The summed E-state index contributed by atoms with van der Waals surface area (Å²) in [6, 6.07) is 0. The maximum Gasteiger partial charge on any atom is 0.114 e. The van der Waals surface area contributed by atoms with Crippen LogP contribution in [0, 0.1) is 0 Å². The highest BCUT2D eigenvalue weighted by molar-refractivity contribution is 5.00. The first kappa shape index (κ1) is 8.07. The number of aromatic nitrogens is 2. The molecule has 1 aromatic heterocycles. The predicted octanol–water partition coefficient (Wildman–Crippen LogP) is -0.200. The molecule has 1 aromatic rings. The van der Waals surface area contributed by atoms with Crippen molar-refractivity contribution in [2.24, 2.45) is 0 Å². The fraction of sp³-hybridized carbons (Fsp3) is 0.571. The van der Waals surface area contributed by atoms with Crippen molar-refractivity contribution in [3.05, 3.63) is 18.2 Å². The Hall–Kier alpha value is -1.03. The lowest BCUT2D eigenvalue weighted by Crippen LogP contribution is -2.27. The Bertz CT molecular complexity index is 216. The van der Waals surface area contributed by atoms with Crippen LogP contribution in [0.2, 0.25) is 0 Å². The van der Waals surface area contributed by atoms with Gasteiger partial charge in [-0.1, -0.05) is 0 Å². The van der Waals surface area contributed by atoms with Crippen molar-refractivity contribution in [3.8, 4) is 0 Å². The van der Waals surface area contributed by atoms with Gasteiger partial charge in [-0.15, -0.1) is 0 Å². The van der Waals surface area contributed by atoms with E-state index < -0.39 is 0 Å². The standard InChI is InChI=1S/C7H14N4/c1-8-4-7-5-9-6-11(7)10(2)3/h5-6,8H,4H2,1-3H3. The summed E-state index contributed by atoms with van der Waals surface area (Å²) in [5, 5.41) is 5.06. The molecule has 0 atom stereocenters. The van der Waals surface area contributed by atoms with Crippen molar-refractivity contribution >= 4 is 0 Å². The van der Waals surface area contributed by atoms with Crippen LogP contribution in [0.4, 0.5) is 0 Å². The fourth-order valence-electron chi connectivity index (χ4n) is 0.984. The maximum absolute atomic E-state index is 4.04. The molecule has 1 N–H and O–H groups in total. The normalized spacial score (nSPS) is 10.1. The topological polar surface area (TPSA) is 33.1 Å². The summed E-state index contributed by atoms with van der Waals surface area (Å²) < 4.78 is 2.00. The number of nitrogens with zero attached hydrogens (tertiary/aromatic N) is 3. The van der Waals surface area contributed by atoms with E-state index >= 15 is 0 Å². The molecule has 0 bridgehead atoms. The molecule has 11 heavy (non-hydrogen) atoms. The first-order valence-electron chi connectivity index (χ1n) is 3.59. The van der Waals surface area contributed by atoms with Crippen molar-refractivity contribution in [3.63, 3.8) is 0 Å². The van der Waals surface area contributed by atoms with Crippen LogP contribution in [-0.4, -0.2) is 30.8 Å². The third-order valence-corrected chi connectivity index (χ3v) is 1.48. The molecule has 0 saturated carbocycles. The van der Waals surface area contributed by atoms with Crippen LogP contribution in [0.1, 0.15) is 5.69 Å². The zero-order valence-electron chi connectivity index (χ0n) is 7.20. The second-order valence-electron chi connectivity index (χ2n) is 2.61. The van der Waals surface area contributed by atoms with Crippen LogP contribution >= 0.6 is 0 Å². The molecule has 4 heteroatoms. The van der Waals surface area contributed by atoms with Gasteiger partial charge in [-0.2, -0.15) is 0 Å². The van der Waals surface area contributed by atoms with Gasteiger partial charge < -0.3 is 10.3 Å². The molecular formula is C7H14N4. The zero-order chi connectivity index (χ0) is 8.27. The summed E-state index contributed by atoms with van der Waals surface area (Å²) in [5.74, 6) is 0. The molecule has 0 unspecified atom stereocenters. The highest BCUT2D eigenvalue weighted by atomic mass is 15.5. The van der Waals surface area contributed by atoms with Crippen LogP contribution in [0.5, 0.6) is 0 Å². The van der Waals surface area contributed by atoms with Gasteiger partial charge in [-0.25, -0.2) is 9.66 Å². The molecule has 4 nitrogen and oxygen atoms in total. The quantitative estimate of drug-likeness (QED) is 0.654. The van der Waals surface area contributed by atoms with Crippen molar-refractivity contribution in [1.82, 2.24) is 15.0 Å². The molecule has 0 aliphatic carbocycles. The van der Waals surface area contributed by atoms with E-state index in [0.717, 1.165) is 12.2 Å². The molecule has 62 valence electrons. The zero-order valence-corrected chi connectivity index (χ0v) is 7.20. The van der Waals surface area contributed by atoms with Gasteiger partial charge in [0.1, 0.15) is 6.33 Å². The molecule has 0 aliphatic heterocycles. The van der Waals surface area contributed by atoms with Gasteiger partial charge in [0, 0.05) is 20.6 Å². The molecule has 0 radical (unpaired) electrons. The molecule has 0 spiro atoms. The third-order valence-electron chi connectivity index (χ3n) is 1.48. The van der Waals surface area contributed by atoms with Gasteiger partial charge in [0.25, 0.3) is 0 Å². The molecule has 0 fully saturated rings. The SMILES string of the molecule is CNCc1cncn1N(C)C. The van der Waals surface area contributed by atoms with Crippen LogP contribution in [0.15, 0.2) is 12.5 Å². The highest BCUT2D eigenvalue weighted by Gasteiger charge is 2.00. The molecule has 0 aliphatic rings. The summed E-state index contributed by atoms with van der Waals surface area (Å²) in [6.07, 6.45) is 3.66. The van der Waals surface area contributed by atoms with E-state index in [9.17, 15) is 0 Å². The minimum Gasteiger partial charge on any atom is -0.318 e. The van der Waals surface area contributed by atoms with Crippen LogP contribution < -0.4 is 10.3 Å². The lowest BCUT2D eigenvalue weighted by molar-refractivity contribution is 0.658. The van der Waals surface area contributed by atoms with E-state index in [1.165, 1.54) is 0 Å². The van der Waals surface area contributed by atoms with Gasteiger partial charge in [0.05, 0.1) is 11.9 Å². The van der Waals surface area contributed by atoms with E-state index in [1.807, 2.05) is 37.0 Å². The fourth-order valence-corrected chi connectivity index (χ4v) is 0.984. The Kier molecular flexibility index (Phi) is 2.48. The molecule has 0 aromatic carbocycles. The Morgan fingerprint density at radius 1 is 1.64 bits per heavy atom. The van der Waals surface area contributed by atoms with Crippen molar-refractivity contribution in [2.75, 3.05) is 26.2 Å². The van der Waals surface area contributed by atoms with Crippen LogP contribution in [0.3, 0.4) is 0 Å². The summed E-state index contributed by atoms with van der Waals surface area (Å²) in [6.45, 7) is 0.845. The lowest BCUT2D eigenvalue weighted by Gasteiger charge is -2.16. The second kappa shape index (κ2) is 3.39. The van der Waals surface area contributed by atoms with Gasteiger partial charge in [-0.05, 0) is 7.05 Å². The summed E-state index contributed by atoms with van der Waals surface area (Å²) >= 11 is 0. The van der Waals surface area contributed by atoms with E-state index in [-0.39, 0.29) is 0 Å². The number of hydrogen-bond donors (Lipinski definition) is 1. The number of nitrogens with one attached hydrogen (secondary N) is 1. The average Bonchev–Trinajstić information content (AvgIpc) is 2.36. The third kappa shape index (κ3) is 1.71. The Morgan fingerprint density at radius 2 is 2.36 bits per heavy atom. The predicted molar refractivity (Wildman–Crippen MR) is 45.1 cm³/mol. The molecule has 1 rings (SSSR count). The lowest BCUT2D eigenvalue weighted by atomic mass is 10.5. The summed E-state index contributed by atoms with van der Waals surface area (Å²) in [4.78, 5) is 4.04. The maximum atomic E-state index is 4.04. The highest BCUT2D eigenvalue weighted by Crippen LogP contribution is 1.96. The van der Waals surface area contributed by atoms with Crippen molar-refractivity contribution in [2.45, 2.75) is 6.54 Å². The summed E-state index contributed by atoms with van der Waals surface area (Å²) in [7, 11) is 5.90. The van der Waals surface area contributed by atoms with Crippen molar-refractivity contribution < 1.29 is 0 Å². The second-order valence-corrected chi connectivity index (χ2v) is 2.61. The van der Waals surface area contributed by atoms with Gasteiger partial charge >= 0.3 is 0 Å². The van der Waals surface area contributed by atoms with Gasteiger partial charge in [-0.3, -0.25) is 0 Å². The van der Waals surface area contributed by atoms with Crippen molar-refractivity contribution in [1.29, 1.82) is 0 Å². The number of rotatable bonds is 3. The Morgan fingerprint density at radius 3 is 2.91 bits per heavy atom. The van der Waals surface area contributed by atoms with Gasteiger partial charge in [0.15, 0.2) is 0 Å². The molecule has 0 amide bonds. The molecule has 0 saturated heterocycles. The average molecular weight is 154 g/mol. The van der Waals surface area contributed by atoms with E-state index in [4.69, 9.17) is 0 Å². The minimum absolute atomic E-state index is 0.845. The number of hydrogen-bond acceptors (Lipinski definition) is 3. The largest absolute Gasteiger partial charge is 0.318 e. The van der Waals surface area contributed by atoms with E-state index in [1.54, 1.807) is 6.33 Å². The molecular weight excluding hydrogens is 140 g/mol. The smallest absolute Gasteiger partial charge is 0.114 e. The number of imidazole rings is 1. The summed E-state index contributed by atoms with van der Waals surface area (Å²) in [5.41, 5.74) is 1.16. The first-order valence-corrected chi connectivity index (χ1v) is 3.59. The monoisotopic (exact) mass is 154 g/mol. The van der Waals surface area contributed by atoms with Crippen LogP contribution in [0.25, 0.3) is 0 Å².